The molecular formula is C20H18BrN3O2. The van der Waals surface area contributed by atoms with Crippen molar-refractivity contribution in [3.63, 3.8) is 0 Å². The number of carbonyl (C=O) groups is 1. The minimum Gasteiger partial charge on any atom is -0.455 e. The molecule has 0 saturated carbocycles. The maximum absolute atomic E-state index is 11.9. The lowest BCUT2D eigenvalue weighted by atomic mass is 10.2. The molecule has 5 nitrogen and oxygen atoms in total. The smallest absolute Gasteiger partial charge is 0.259 e. The van der Waals surface area contributed by atoms with Gasteiger partial charge in [0.05, 0.1) is 12.8 Å². The van der Waals surface area contributed by atoms with Crippen LogP contribution in [0.25, 0.3) is 11.3 Å². The summed E-state index contributed by atoms with van der Waals surface area (Å²) in [6.45, 7) is 2.13. The van der Waals surface area contributed by atoms with Crippen molar-refractivity contribution >= 4 is 33.7 Å². The number of hydrogen-bond acceptors (Lipinski definition) is 4. The van der Waals surface area contributed by atoms with Crippen LogP contribution in [0.5, 0.6) is 0 Å². The third-order valence-corrected chi connectivity index (χ3v) is 4.19. The number of para-hydroxylation sites is 1. The Kier molecular flexibility index (Phi) is 5.86. The second-order valence-corrected chi connectivity index (χ2v) is 6.59. The van der Waals surface area contributed by atoms with Gasteiger partial charge in [-0.25, -0.2) is 5.43 Å². The van der Waals surface area contributed by atoms with E-state index in [0.717, 1.165) is 27.0 Å². The van der Waals surface area contributed by atoms with E-state index in [1.54, 1.807) is 6.07 Å². The number of aryl methyl sites for hydroxylation is 1. The van der Waals surface area contributed by atoms with Crippen LogP contribution in [0.15, 0.2) is 74.7 Å². The molecule has 2 aromatic carbocycles. The molecule has 6 heteroatoms. The predicted molar refractivity (Wildman–Crippen MR) is 107 cm³/mol. The maximum atomic E-state index is 11.9. The SMILES string of the molecule is Cc1ccccc1NCC(=O)N/N=C/c1ccc(-c2cccc(Br)c2)o1. The minimum absolute atomic E-state index is 0.143. The molecule has 132 valence electrons. The van der Waals surface area contributed by atoms with Crippen molar-refractivity contribution in [1.82, 2.24) is 5.43 Å². The van der Waals surface area contributed by atoms with Gasteiger partial charge < -0.3 is 9.73 Å². The molecule has 0 aliphatic carbocycles. The lowest BCUT2D eigenvalue weighted by Crippen LogP contribution is -2.26. The van der Waals surface area contributed by atoms with Crippen LogP contribution in [-0.2, 0) is 4.79 Å². The number of furan rings is 1. The van der Waals surface area contributed by atoms with Crippen LogP contribution in [0.4, 0.5) is 5.69 Å². The average Bonchev–Trinajstić information content (AvgIpc) is 3.10. The van der Waals surface area contributed by atoms with Crippen LogP contribution in [0.3, 0.4) is 0 Å². The highest BCUT2D eigenvalue weighted by Gasteiger charge is 2.04. The lowest BCUT2D eigenvalue weighted by Gasteiger charge is -2.07. The zero-order valence-corrected chi connectivity index (χ0v) is 15.8. The second-order valence-electron chi connectivity index (χ2n) is 5.67. The van der Waals surface area contributed by atoms with Gasteiger partial charge in [-0.3, -0.25) is 4.79 Å². The van der Waals surface area contributed by atoms with Crippen molar-refractivity contribution in [1.29, 1.82) is 0 Å². The molecule has 3 aromatic rings. The number of hydrogen-bond donors (Lipinski definition) is 2. The maximum Gasteiger partial charge on any atom is 0.259 e. The molecule has 0 spiro atoms. The van der Waals surface area contributed by atoms with E-state index >= 15 is 0 Å². The first-order valence-electron chi connectivity index (χ1n) is 8.09. The molecule has 0 atom stereocenters. The average molecular weight is 412 g/mol. The molecule has 0 unspecified atom stereocenters. The summed E-state index contributed by atoms with van der Waals surface area (Å²) in [6.07, 6.45) is 1.48. The summed E-state index contributed by atoms with van der Waals surface area (Å²) in [5.74, 6) is 1.07. The molecule has 0 aliphatic rings. The van der Waals surface area contributed by atoms with E-state index in [4.69, 9.17) is 4.42 Å². The van der Waals surface area contributed by atoms with Gasteiger partial charge in [-0.05, 0) is 42.8 Å². The van der Waals surface area contributed by atoms with Gasteiger partial charge in [-0.15, -0.1) is 0 Å². The summed E-state index contributed by atoms with van der Waals surface area (Å²) >= 11 is 3.44. The van der Waals surface area contributed by atoms with Crippen LogP contribution >= 0.6 is 15.9 Å². The molecule has 3 rings (SSSR count). The minimum atomic E-state index is -0.233. The summed E-state index contributed by atoms with van der Waals surface area (Å²) in [4.78, 5) is 11.9. The van der Waals surface area contributed by atoms with Crippen molar-refractivity contribution in [3.05, 3.63) is 76.5 Å². The Balaban J connectivity index is 1.52. The standard InChI is InChI=1S/C20H18BrN3O2/c1-14-5-2-3-8-18(14)22-13-20(25)24-23-12-17-9-10-19(26-17)15-6-4-7-16(21)11-15/h2-12,22H,13H2,1H3,(H,24,25)/b23-12+. The van der Waals surface area contributed by atoms with E-state index in [-0.39, 0.29) is 12.5 Å². The third kappa shape index (κ3) is 4.83. The molecule has 26 heavy (non-hydrogen) atoms. The first-order chi connectivity index (χ1) is 12.6. The molecule has 0 aliphatic heterocycles. The van der Waals surface area contributed by atoms with Gasteiger partial charge in [0.1, 0.15) is 11.5 Å². The summed E-state index contributed by atoms with van der Waals surface area (Å²) in [6, 6.07) is 19.3. The van der Waals surface area contributed by atoms with Crippen molar-refractivity contribution in [2.24, 2.45) is 5.10 Å². The number of amides is 1. The van der Waals surface area contributed by atoms with Gasteiger partial charge in [-0.1, -0.05) is 46.3 Å². The number of nitrogens with one attached hydrogen (secondary N) is 2. The Morgan fingerprint density at radius 2 is 2.00 bits per heavy atom. The van der Waals surface area contributed by atoms with Crippen LogP contribution in [0, 0.1) is 6.92 Å². The topological polar surface area (TPSA) is 66.6 Å². The Morgan fingerprint density at radius 3 is 2.81 bits per heavy atom. The molecule has 1 heterocycles. The van der Waals surface area contributed by atoms with E-state index < -0.39 is 0 Å². The molecule has 0 fully saturated rings. The fourth-order valence-electron chi connectivity index (χ4n) is 2.37. The van der Waals surface area contributed by atoms with Crippen molar-refractivity contribution in [2.75, 3.05) is 11.9 Å². The van der Waals surface area contributed by atoms with Crippen molar-refractivity contribution in [2.45, 2.75) is 6.92 Å². The number of halogens is 1. The highest BCUT2D eigenvalue weighted by molar-refractivity contribution is 9.10. The third-order valence-electron chi connectivity index (χ3n) is 3.70. The normalized spacial score (nSPS) is 10.8. The first-order valence-corrected chi connectivity index (χ1v) is 8.88. The van der Waals surface area contributed by atoms with Gasteiger partial charge in [0.2, 0.25) is 0 Å². The molecule has 1 amide bonds. The number of carbonyl (C=O) groups excluding carboxylic acids is 1. The van der Waals surface area contributed by atoms with Gasteiger partial charge in [0, 0.05) is 15.7 Å². The Hall–Kier alpha value is -2.86. The Morgan fingerprint density at radius 1 is 1.15 bits per heavy atom. The summed E-state index contributed by atoms with van der Waals surface area (Å²) < 4.78 is 6.70. The molecule has 2 N–H and O–H groups in total. The zero-order chi connectivity index (χ0) is 18.4. The first kappa shape index (κ1) is 17.9. The van der Waals surface area contributed by atoms with E-state index in [1.807, 2.05) is 61.5 Å². The summed E-state index contributed by atoms with van der Waals surface area (Å²) in [5.41, 5.74) is 5.45. The zero-order valence-electron chi connectivity index (χ0n) is 14.2. The van der Waals surface area contributed by atoms with E-state index in [1.165, 1.54) is 6.21 Å². The highest BCUT2D eigenvalue weighted by Crippen LogP contribution is 2.24. The van der Waals surface area contributed by atoms with Crippen molar-refractivity contribution < 1.29 is 9.21 Å². The quantitative estimate of drug-likeness (QED) is 0.460. The van der Waals surface area contributed by atoms with Crippen LogP contribution in [0.2, 0.25) is 0 Å². The molecule has 1 aromatic heterocycles. The van der Waals surface area contributed by atoms with Crippen molar-refractivity contribution in [3.8, 4) is 11.3 Å². The summed E-state index contributed by atoms with van der Waals surface area (Å²) in [5, 5.41) is 7.01. The van der Waals surface area contributed by atoms with E-state index in [2.05, 4.69) is 31.8 Å². The van der Waals surface area contributed by atoms with Crippen LogP contribution < -0.4 is 10.7 Å². The van der Waals surface area contributed by atoms with Gasteiger partial charge in [-0.2, -0.15) is 5.10 Å². The second kappa shape index (κ2) is 8.49. The molecular weight excluding hydrogens is 394 g/mol. The molecule has 0 bridgehead atoms. The number of rotatable bonds is 6. The van der Waals surface area contributed by atoms with E-state index in [0.29, 0.717) is 5.76 Å². The van der Waals surface area contributed by atoms with Crippen LogP contribution in [-0.4, -0.2) is 18.7 Å². The van der Waals surface area contributed by atoms with Gasteiger partial charge in [0.15, 0.2) is 0 Å². The number of nitrogens with zero attached hydrogens (tertiary/aromatic N) is 1. The monoisotopic (exact) mass is 411 g/mol. The Bertz CT molecular complexity index is 934. The fraction of sp³-hybridized carbons (Fsp3) is 0.100. The largest absolute Gasteiger partial charge is 0.455 e. The highest BCUT2D eigenvalue weighted by atomic mass is 79.9. The number of hydrazone groups is 1. The lowest BCUT2D eigenvalue weighted by molar-refractivity contribution is -0.119. The van der Waals surface area contributed by atoms with Crippen LogP contribution in [0.1, 0.15) is 11.3 Å². The number of anilines is 1. The summed E-state index contributed by atoms with van der Waals surface area (Å²) in [7, 11) is 0. The van der Waals surface area contributed by atoms with Gasteiger partial charge >= 0.3 is 0 Å². The molecule has 0 saturated heterocycles. The predicted octanol–water partition coefficient (Wildman–Crippen LogP) is 4.58. The number of benzene rings is 2. The molecule has 0 radical (unpaired) electrons. The van der Waals surface area contributed by atoms with E-state index in [9.17, 15) is 4.79 Å². The van der Waals surface area contributed by atoms with Gasteiger partial charge in [0.25, 0.3) is 5.91 Å². The Labute approximate surface area is 160 Å². The fourth-order valence-corrected chi connectivity index (χ4v) is 2.77.